The summed E-state index contributed by atoms with van der Waals surface area (Å²) in [4.78, 5) is 11.9. The van der Waals surface area contributed by atoms with E-state index in [1.807, 2.05) is 49.6 Å². The molecule has 0 unspecified atom stereocenters. The Labute approximate surface area is 122 Å². The number of carbonyl (C=O) groups is 1. The Morgan fingerprint density at radius 2 is 1.95 bits per heavy atom. The minimum atomic E-state index is -0.0397. The quantitative estimate of drug-likeness (QED) is 0.860. The van der Waals surface area contributed by atoms with Crippen molar-refractivity contribution < 1.29 is 4.79 Å². The van der Waals surface area contributed by atoms with Crippen molar-refractivity contribution in [1.29, 1.82) is 0 Å². The summed E-state index contributed by atoms with van der Waals surface area (Å²) in [5, 5.41) is 11.7. The normalized spacial score (nSPS) is 10.6. The number of nitrogens with zero attached hydrogens (tertiary/aromatic N) is 3. The average molecular weight is 290 g/mol. The van der Waals surface area contributed by atoms with Crippen LogP contribution >= 0.6 is 11.8 Å². The van der Waals surface area contributed by atoms with Gasteiger partial charge in [0.05, 0.1) is 5.75 Å². The zero-order valence-corrected chi connectivity index (χ0v) is 12.7. The third-order valence-electron chi connectivity index (χ3n) is 2.89. The molecule has 0 saturated carbocycles. The molecule has 0 aliphatic heterocycles. The van der Waals surface area contributed by atoms with Crippen LogP contribution in [0.3, 0.4) is 0 Å². The highest BCUT2D eigenvalue weighted by Gasteiger charge is 2.10. The SMILES string of the molecule is CCn1c(C)nnc1SCC(=O)Nc1ccc(C)cc1. The smallest absolute Gasteiger partial charge is 0.234 e. The first-order chi connectivity index (χ1) is 9.60. The number of anilines is 1. The molecule has 1 N–H and O–H groups in total. The lowest BCUT2D eigenvalue weighted by atomic mass is 10.2. The molecule has 20 heavy (non-hydrogen) atoms. The molecule has 0 aliphatic carbocycles. The van der Waals surface area contributed by atoms with Gasteiger partial charge in [0.1, 0.15) is 5.82 Å². The standard InChI is InChI=1S/C14H18N4OS/c1-4-18-11(3)16-17-14(18)20-9-13(19)15-12-7-5-10(2)6-8-12/h5-8H,4,9H2,1-3H3,(H,15,19). The van der Waals surface area contributed by atoms with Crippen molar-refractivity contribution in [3.8, 4) is 0 Å². The minimum absolute atomic E-state index is 0.0397. The van der Waals surface area contributed by atoms with E-state index in [4.69, 9.17) is 0 Å². The maximum absolute atomic E-state index is 11.9. The van der Waals surface area contributed by atoms with Crippen molar-refractivity contribution in [2.24, 2.45) is 0 Å². The molecule has 0 aliphatic rings. The van der Waals surface area contributed by atoms with Crippen LogP contribution in [0.2, 0.25) is 0 Å². The number of amides is 1. The topological polar surface area (TPSA) is 59.8 Å². The zero-order valence-electron chi connectivity index (χ0n) is 11.9. The van der Waals surface area contributed by atoms with E-state index in [0.29, 0.717) is 5.75 Å². The molecule has 1 aromatic carbocycles. The first kappa shape index (κ1) is 14.6. The average Bonchev–Trinajstić information content (AvgIpc) is 2.79. The molecule has 106 valence electrons. The van der Waals surface area contributed by atoms with E-state index < -0.39 is 0 Å². The molecule has 0 fully saturated rings. The predicted octanol–water partition coefficient (Wildman–Crippen LogP) is 2.65. The van der Waals surface area contributed by atoms with Gasteiger partial charge in [-0.25, -0.2) is 0 Å². The monoisotopic (exact) mass is 290 g/mol. The van der Waals surface area contributed by atoms with Gasteiger partial charge >= 0.3 is 0 Å². The van der Waals surface area contributed by atoms with Crippen molar-refractivity contribution in [2.45, 2.75) is 32.5 Å². The largest absolute Gasteiger partial charge is 0.325 e. The molecule has 0 radical (unpaired) electrons. The van der Waals surface area contributed by atoms with Crippen molar-refractivity contribution in [3.63, 3.8) is 0 Å². The van der Waals surface area contributed by atoms with E-state index in [0.717, 1.165) is 23.2 Å². The third kappa shape index (κ3) is 3.60. The maximum atomic E-state index is 11.9. The molecule has 6 heteroatoms. The number of nitrogens with one attached hydrogen (secondary N) is 1. The van der Waals surface area contributed by atoms with Gasteiger partial charge in [-0.2, -0.15) is 0 Å². The summed E-state index contributed by atoms with van der Waals surface area (Å²) in [6, 6.07) is 7.74. The van der Waals surface area contributed by atoms with E-state index in [-0.39, 0.29) is 5.91 Å². The molecule has 1 heterocycles. The fourth-order valence-corrected chi connectivity index (χ4v) is 2.64. The van der Waals surface area contributed by atoms with Gasteiger partial charge < -0.3 is 9.88 Å². The second kappa shape index (κ2) is 6.56. The van der Waals surface area contributed by atoms with Crippen LogP contribution in [-0.4, -0.2) is 26.4 Å². The van der Waals surface area contributed by atoms with Crippen molar-refractivity contribution in [2.75, 3.05) is 11.1 Å². The number of hydrogen-bond donors (Lipinski definition) is 1. The van der Waals surface area contributed by atoms with Gasteiger partial charge in [-0.15, -0.1) is 10.2 Å². The Bertz CT molecular complexity index is 592. The number of aryl methyl sites for hydroxylation is 2. The molecule has 2 rings (SSSR count). The number of aromatic nitrogens is 3. The summed E-state index contributed by atoms with van der Waals surface area (Å²) in [5.41, 5.74) is 1.98. The highest BCUT2D eigenvalue weighted by Crippen LogP contribution is 2.17. The van der Waals surface area contributed by atoms with Crippen LogP contribution in [0.5, 0.6) is 0 Å². The van der Waals surface area contributed by atoms with Gasteiger partial charge in [0.2, 0.25) is 5.91 Å². The van der Waals surface area contributed by atoms with Gasteiger partial charge in [-0.05, 0) is 32.9 Å². The van der Waals surface area contributed by atoms with E-state index in [1.54, 1.807) is 0 Å². The second-order valence-corrected chi connectivity index (χ2v) is 5.42. The summed E-state index contributed by atoms with van der Waals surface area (Å²) >= 11 is 1.40. The summed E-state index contributed by atoms with van der Waals surface area (Å²) < 4.78 is 1.99. The fraction of sp³-hybridized carbons (Fsp3) is 0.357. The van der Waals surface area contributed by atoms with Crippen LogP contribution in [0.4, 0.5) is 5.69 Å². The number of rotatable bonds is 5. The van der Waals surface area contributed by atoms with Crippen LogP contribution in [0, 0.1) is 13.8 Å². The van der Waals surface area contributed by atoms with Crippen LogP contribution in [0.15, 0.2) is 29.4 Å². The van der Waals surface area contributed by atoms with Crippen LogP contribution < -0.4 is 5.32 Å². The lowest BCUT2D eigenvalue weighted by molar-refractivity contribution is -0.113. The number of benzene rings is 1. The lowest BCUT2D eigenvalue weighted by Crippen LogP contribution is -2.14. The van der Waals surface area contributed by atoms with Gasteiger partial charge in [0, 0.05) is 12.2 Å². The molecule has 0 saturated heterocycles. The highest BCUT2D eigenvalue weighted by atomic mass is 32.2. The first-order valence-corrected chi connectivity index (χ1v) is 7.48. The Morgan fingerprint density at radius 3 is 2.60 bits per heavy atom. The van der Waals surface area contributed by atoms with Gasteiger partial charge in [-0.1, -0.05) is 29.5 Å². The molecule has 1 amide bonds. The van der Waals surface area contributed by atoms with Gasteiger partial charge in [0.15, 0.2) is 5.16 Å². The summed E-state index contributed by atoms with van der Waals surface area (Å²) in [6.07, 6.45) is 0. The Balaban J connectivity index is 1.90. The molecule has 0 spiro atoms. The van der Waals surface area contributed by atoms with Crippen molar-refractivity contribution >= 4 is 23.4 Å². The number of thioether (sulfide) groups is 1. The summed E-state index contributed by atoms with van der Waals surface area (Å²) in [6.45, 7) is 6.77. The molecule has 0 bridgehead atoms. The van der Waals surface area contributed by atoms with E-state index in [9.17, 15) is 4.79 Å². The highest BCUT2D eigenvalue weighted by molar-refractivity contribution is 7.99. The molecule has 2 aromatic rings. The van der Waals surface area contributed by atoms with Gasteiger partial charge in [-0.3, -0.25) is 4.79 Å². The predicted molar refractivity (Wildman–Crippen MR) is 81.0 cm³/mol. The Morgan fingerprint density at radius 1 is 1.25 bits per heavy atom. The molecule has 5 nitrogen and oxygen atoms in total. The van der Waals surface area contributed by atoms with Gasteiger partial charge in [0.25, 0.3) is 0 Å². The van der Waals surface area contributed by atoms with Crippen molar-refractivity contribution in [1.82, 2.24) is 14.8 Å². The number of hydrogen-bond acceptors (Lipinski definition) is 4. The molecule has 0 atom stereocenters. The number of carbonyl (C=O) groups excluding carboxylic acids is 1. The van der Waals surface area contributed by atoms with Crippen LogP contribution in [0.25, 0.3) is 0 Å². The Hall–Kier alpha value is -1.82. The maximum Gasteiger partial charge on any atom is 0.234 e. The second-order valence-electron chi connectivity index (χ2n) is 4.48. The first-order valence-electron chi connectivity index (χ1n) is 6.49. The van der Waals surface area contributed by atoms with E-state index >= 15 is 0 Å². The van der Waals surface area contributed by atoms with Crippen molar-refractivity contribution in [3.05, 3.63) is 35.7 Å². The van der Waals surface area contributed by atoms with Crippen LogP contribution in [-0.2, 0) is 11.3 Å². The van der Waals surface area contributed by atoms with E-state index in [2.05, 4.69) is 15.5 Å². The van der Waals surface area contributed by atoms with Crippen LogP contribution in [0.1, 0.15) is 18.3 Å². The fourth-order valence-electron chi connectivity index (χ4n) is 1.80. The lowest BCUT2D eigenvalue weighted by Gasteiger charge is -2.06. The zero-order chi connectivity index (χ0) is 14.5. The third-order valence-corrected chi connectivity index (χ3v) is 3.85. The van der Waals surface area contributed by atoms with E-state index in [1.165, 1.54) is 17.3 Å². The summed E-state index contributed by atoms with van der Waals surface area (Å²) in [5.74, 6) is 1.16. The molecular formula is C14H18N4OS. The molecule has 1 aromatic heterocycles. The Kier molecular flexibility index (Phi) is 4.79. The minimum Gasteiger partial charge on any atom is -0.325 e. The summed E-state index contributed by atoms with van der Waals surface area (Å²) in [7, 11) is 0. The molecular weight excluding hydrogens is 272 g/mol.